The van der Waals surface area contributed by atoms with Crippen LogP contribution in [0.25, 0.3) is 0 Å². The number of sulfonamides is 1. The van der Waals surface area contributed by atoms with Crippen molar-refractivity contribution in [3.05, 3.63) is 58.6 Å². The molecule has 0 saturated carbocycles. The van der Waals surface area contributed by atoms with E-state index in [1.54, 1.807) is 38.5 Å². The minimum absolute atomic E-state index is 0.0116. The number of hydrogen-bond acceptors (Lipinski definition) is 7. The molecule has 0 aromatic heterocycles. The fraction of sp³-hybridized carbons (Fsp3) is 0.381. The standard InChI is InChI=1S/C12H14ClF2NO4S.C7H6OS.C2H6O/c13-8-1-2-10(9(5-8)11(14)15)21(19,20)16-4-3-12(18,6-16)7-17;8-5-6-1-3-7(9)4-2-6;1-3-2/h1-2,5,11,17-18H,3-4,6-7H2;1-5,9H;1-2H3. The molecule has 2 aromatic rings. The fourth-order valence-electron chi connectivity index (χ4n) is 2.77. The van der Waals surface area contributed by atoms with Crippen LogP contribution >= 0.6 is 24.2 Å². The van der Waals surface area contributed by atoms with Gasteiger partial charge in [-0.15, -0.1) is 12.6 Å². The molecule has 0 aliphatic carbocycles. The molecule has 184 valence electrons. The number of thiol groups is 1. The normalized spacial score (nSPS) is 18.2. The quantitative estimate of drug-likeness (QED) is 0.408. The molecule has 1 aliphatic rings. The van der Waals surface area contributed by atoms with E-state index in [0.29, 0.717) is 5.56 Å². The highest BCUT2D eigenvalue weighted by atomic mass is 35.5. The first kappa shape index (κ1) is 29.4. The molecule has 3 rings (SSSR count). The summed E-state index contributed by atoms with van der Waals surface area (Å²) in [5.74, 6) is 0. The first-order valence-corrected chi connectivity index (χ1v) is 11.8. The number of nitrogens with zero attached hydrogens (tertiary/aromatic N) is 1. The van der Waals surface area contributed by atoms with E-state index in [9.17, 15) is 27.1 Å². The lowest BCUT2D eigenvalue weighted by Gasteiger charge is -2.21. The SMILES string of the molecule is COC.O=Cc1ccc(S)cc1.O=S(=O)(c1ccc(Cl)cc1C(F)F)N1CCC(O)(CO)C1. The lowest BCUT2D eigenvalue weighted by atomic mass is 10.1. The van der Waals surface area contributed by atoms with Crippen molar-refractivity contribution in [2.45, 2.75) is 28.2 Å². The van der Waals surface area contributed by atoms with Gasteiger partial charge in [0.15, 0.2) is 0 Å². The monoisotopic (exact) mass is 525 g/mol. The van der Waals surface area contributed by atoms with Crippen molar-refractivity contribution >= 4 is 40.5 Å². The number of aliphatic hydroxyl groups excluding tert-OH is 1. The lowest BCUT2D eigenvalue weighted by molar-refractivity contribution is -0.000741. The highest BCUT2D eigenvalue weighted by Gasteiger charge is 2.42. The summed E-state index contributed by atoms with van der Waals surface area (Å²) < 4.78 is 56.0. The second-order valence-corrected chi connectivity index (χ2v) is 9.93. The van der Waals surface area contributed by atoms with Gasteiger partial charge < -0.3 is 14.9 Å². The predicted molar refractivity (Wildman–Crippen MR) is 124 cm³/mol. The highest BCUT2D eigenvalue weighted by molar-refractivity contribution is 7.89. The first-order chi connectivity index (χ1) is 15.4. The smallest absolute Gasteiger partial charge is 0.265 e. The number of methoxy groups -OCH3 is 1. The van der Waals surface area contributed by atoms with Crippen molar-refractivity contribution in [3.63, 3.8) is 0 Å². The number of benzene rings is 2. The summed E-state index contributed by atoms with van der Waals surface area (Å²) in [6.07, 6.45) is -2.14. The van der Waals surface area contributed by atoms with Crippen molar-refractivity contribution in [1.29, 1.82) is 0 Å². The van der Waals surface area contributed by atoms with Crippen molar-refractivity contribution in [1.82, 2.24) is 4.31 Å². The van der Waals surface area contributed by atoms with Crippen molar-refractivity contribution in [2.24, 2.45) is 0 Å². The van der Waals surface area contributed by atoms with Crippen LogP contribution in [0.5, 0.6) is 0 Å². The molecular weight excluding hydrogens is 500 g/mol. The molecule has 1 aliphatic heterocycles. The summed E-state index contributed by atoms with van der Waals surface area (Å²) >= 11 is 9.68. The summed E-state index contributed by atoms with van der Waals surface area (Å²) in [4.78, 5) is 10.4. The molecule has 1 atom stereocenters. The number of β-amino-alcohol motifs (C(OH)–C–C–N with tert-alkyl or cyclic N) is 1. The van der Waals surface area contributed by atoms with Crippen molar-refractivity contribution < 1.29 is 36.9 Å². The second kappa shape index (κ2) is 13.3. The van der Waals surface area contributed by atoms with E-state index < -0.39 is 39.1 Å². The molecule has 0 bridgehead atoms. The van der Waals surface area contributed by atoms with Crippen LogP contribution in [0.15, 0.2) is 52.3 Å². The summed E-state index contributed by atoms with van der Waals surface area (Å²) in [5, 5.41) is 18.9. The van der Waals surface area contributed by atoms with Gasteiger partial charge in [0, 0.05) is 48.4 Å². The van der Waals surface area contributed by atoms with Crippen LogP contribution in [0.1, 0.15) is 28.8 Å². The molecule has 1 fully saturated rings. The number of rotatable bonds is 5. The number of aldehydes is 1. The molecule has 1 unspecified atom stereocenters. The maximum Gasteiger partial charge on any atom is 0.265 e. The zero-order valence-corrected chi connectivity index (χ0v) is 20.5. The van der Waals surface area contributed by atoms with Gasteiger partial charge >= 0.3 is 0 Å². The second-order valence-electron chi connectivity index (χ2n) is 7.07. The number of aliphatic hydroxyl groups is 2. The minimum Gasteiger partial charge on any atom is -0.393 e. The Morgan fingerprint density at radius 2 is 1.82 bits per heavy atom. The number of carbonyl (C=O) groups is 1. The third-order valence-corrected chi connectivity index (χ3v) is 6.90. The van der Waals surface area contributed by atoms with Gasteiger partial charge in [0.25, 0.3) is 6.43 Å². The molecule has 0 amide bonds. The van der Waals surface area contributed by atoms with Crippen LogP contribution < -0.4 is 0 Å². The Bertz CT molecular complexity index is 1010. The summed E-state index contributed by atoms with van der Waals surface area (Å²) in [6.45, 7) is -0.983. The maximum atomic E-state index is 13.0. The fourth-order valence-corrected chi connectivity index (χ4v) is 4.81. The van der Waals surface area contributed by atoms with E-state index in [4.69, 9.17) is 16.7 Å². The zero-order valence-electron chi connectivity index (χ0n) is 18.0. The van der Waals surface area contributed by atoms with Gasteiger partial charge in [-0.1, -0.05) is 23.7 Å². The minimum atomic E-state index is -4.19. The largest absolute Gasteiger partial charge is 0.393 e. The molecular formula is C21H26ClF2NO6S2. The van der Waals surface area contributed by atoms with E-state index in [0.717, 1.165) is 27.6 Å². The molecule has 2 aromatic carbocycles. The molecule has 2 N–H and O–H groups in total. The molecule has 12 heteroatoms. The third kappa shape index (κ3) is 8.60. The number of halogens is 3. The van der Waals surface area contributed by atoms with Crippen LogP contribution in [-0.2, 0) is 14.8 Å². The molecule has 0 spiro atoms. The zero-order chi connectivity index (χ0) is 25.2. The van der Waals surface area contributed by atoms with Gasteiger partial charge in [0.1, 0.15) is 11.9 Å². The Balaban J connectivity index is 0.000000375. The van der Waals surface area contributed by atoms with Gasteiger partial charge in [0.2, 0.25) is 10.0 Å². The third-order valence-electron chi connectivity index (χ3n) is 4.45. The molecule has 7 nitrogen and oxygen atoms in total. The average molecular weight is 526 g/mol. The Labute approximate surface area is 202 Å². The van der Waals surface area contributed by atoms with Gasteiger partial charge in [-0.25, -0.2) is 17.2 Å². The highest BCUT2D eigenvalue weighted by Crippen LogP contribution is 2.33. The molecule has 1 heterocycles. The Morgan fingerprint density at radius 1 is 1.24 bits per heavy atom. The van der Waals surface area contributed by atoms with Crippen molar-refractivity contribution in [2.75, 3.05) is 33.9 Å². The van der Waals surface area contributed by atoms with Crippen molar-refractivity contribution in [3.8, 4) is 0 Å². The van der Waals surface area contributed by atoms with Gasteiger partial charge in [-0.05, 0) is 36.8 Å². The van der Waals surface area contributed by atoms with Crippen LogP contribution in [0.4, 0.5) is 8.78 Å². The lowest BCUT2D eigenvalue weighted by Crippen LogP contribution is -2.39. The Morgan fingerprint density at radius 3 is 2.27 bits per heavy atom. The summed E-state index contributed by atoms with van der Waals surface area (Å²) in [7, 11) is -0.939. The Hall–Kier alpha value is -1.60. The van der Waals surface area contributed by atoms with Gasteiger partial charge in [-0.3, -0.25) is 4.79 Å². The van der Waals surface area contributed by atoms with E-state index in [-0.39, 0.29) is 24.5 Å². The predicted octanol–water partition coefficient (Wildman–Crippen LogP) is 3.45. The van der Waals surface area contributed by atoms with E-state index in [1.807, 2.05) is 0 Å². The number of ether oxygens (including phenoxy) is 1. The van der Waals surface area contributed by atoms with E-state index in [2.05, 4.69) is 17.4 Å². The van der Waals surface area contributed by atoms with Crippen LogP contribution in [0.2, 0.25) is 5.02 Å². The summed E-state index contributed by atoms with van der Waals surface area (Å²) in [6, 6.07) is 10.2. The molecule has 0 radical (unpaired) electrons. The first-order valence-electron chi connectivity index (χ1n) is 9.49. The molecule has 1 saturated heterocycles. The Kier molecular flexibility index (Phi) is 11.9. The molecule has 33 heavy (non-hydrogen) atoms. The van der Waals surface area contributed by atoms with Gasteiger partial charge in [0.05, 0.1) is 11.5 Å². The van der Waals surface area contributed by atoms with Crippen LogP contribution in [0, 0.1) is 0 Å². The maximum absolute atomic E-state index is 13.0. The topological polar surface area (TPSA) is 104 Å². The number of alkyl halides is 2. The van der Waals surface area contributed by atoms with Crippen LogP contribution in [0.3, 0.4) is 0 Å². The average Bonchev–Trinajstić information content (AvgIpc) is 3.19. The number of carbonyl (C=O) groups excluding carboxylic acids is 1. The van der Waals surface area contributed by atoms with Crippen LogP contribution in [-0.4, -0.2) is 68.7 Å². The van der Waals surface area contributed by atoms with Gasteiger partial charge in [-0.2, -0.15) is 4.31 Å². The summed E-state index contributed by atoms with van der Waals surface area (Å²) in [5.41, 5.74) is -1.53. The number of hydrogen-bond donors (Lipinski definition) is 3. The van der Waals surface area contributed by atoms with E-state index >= 15 is 0 Å². The van der Waals surface area contributed by atoms with E-state index in [1.165, 1.54) is 6.07 Å².